The number of aromatic amines is 1. The van der Waals surface area contributed by atoms with Gasteiger partial charge in [-0.05, 0) is 25.7 Å². The standard InChI is InChI=1S/C8H12N6/c9-5-7-10-8(14-12-7)13-11-6-3-1-2-4-6/h5,9H,1-4H2,(H2,10,12,13,14). The van der Waals surface area contributed by atoms with Gasteiger partial charge in [-0.15, -0.1) is 5.10 Å². The quantitative estimate of drug-likeness (QED) is 0.495. The van der Waals surface area contributed by atoms with Crippen molar-refractivity contribution >= 4 is 17.9 Å². The van der Waals surface area contributed by atoms with Crippen LogP contribution in [0.5, 0.6) is 0 Å². The van der Waals surface area contributed by atoms with E-state index < -0.39 is 0 Å². The molecule has 74 valence electrons. The van der Waals surface area contributed by atoms with E-state index in [1.807, 2.05) is 0 Å². The van der Waals surface area contributed by atoms with Crippen molar-refractivity contribution in [1.29, 1.82) is 5.41 Å². The van der Waals surface area contributed by atoms with Gasteiger partial charge in [-0.2, -0.15) is 10.1 Å². The Morgan fingerprint density at radius 3 is 2.86 bits per heavy atom. The lowest BCUT2D eigenvalue weighted by molar-refractivity contribution is 0.886. The van der Waals surface area contributed by atoms with Crippen LogP contribution < -0.4 is 5.43 Å². The van der Waals surface area contributed by atoms with Gasteiger partial charge in [-0.25, -0.2) is 5.43 Å². The van der Waals surface area contributed by atoms with E-state index in [1.54, 1.807) is 0 Å². The number of anilines is 1. The van der Waals surface area contributed by atoms with Gasteiger partial charge in [0.1, 0.15) is 0 Å². The number of nitrogens with one attached hydrogen (secondary N) is 3. The van der Waals surface area contributed by atoms with Crippen LogP contribution in [0.4, 0.5) is 5.95 Å². The maximum atomic E-state index is 6.93. The molecule has 1 heterocycles. The van der Waals surface area contributed by atoms with E-state index in [1.165, 1.54) is 18.6 Å². The topological polar surface area (TPSA) is 89.8 Å². The second-order valence-electron chi connectivity index (χ2n) is 3.19. The van der Waals surface area contributed by atoms with E-state index >= 15 is 0 Å². The Bertz CT molecular complexity index is 344. The Labute approximate surface area is 81.3 Å². The Morgan fingerprint density at radius 1 is 1.43 bits per heavy atom. The van der Waals surface area contributed by atoms with E-state index in [-0.39, 0.29) is 0 Å². The average Bonchev–Trinajstić information content (AvgIpc) is 2.86. The average molecular weight is 192 g/mol. The first kappa shape index (κ1) is 8.86. The minimum absolute atomic E-state index is 0.419. The second kappa shape index (κ2) is 3.99. The van der Waals surface area contributed by atoms with Gasteiger partial charge in [0, 0.05) is 5.71 Å². The molecule has 0 aliphatic heterocycles. The molecule has 0 aromatic carbocycles. The largest absolute Gasteiger partial charge is 0.305 e. The normalized spacial score (nSPS) is 15.6. The Morgan fingerprint density at radius 2 is 2.21 bits per heavy atom. The lowest BCUT2D eigenvalue weighted by Gasteiger charge is -1.94. The molecule has 0 spiro atoms. The van der Waals surface area contributed by atoms with Gasteiger partial charge < -0.3 is 5.41 Å². The van der Waals surface area contributed by atoms with Crippen LogP contribution in [0.1, 0.15) is 31.5 Å². The molecule has 6 nitrogen and oxygen atoms in total. The van der Waals surface area contributed by atoms with Crippen LogP contribution in [0.25, 0.3) is 0 Å². The molecule has 6 heteroatoms. The summed E-state index contributed by atoms with van der Waals surface area (Å²) >= 11 is 0. The molecule has 0 saturated heterocycles. The summed E-state index contributed by atoms with van der Waals surface area (Å²) in [4.78, 5) is 3.96. The maximum Gasteiger partial charge on any atom is 0.262 e. The summed E-state index contributed by atoms with van der Waals surface area (Å²) in [7, 11) is 0. The van der Waals surface area contributed by atoms with Gasteiger partial charge in [-0.3, -0.25) is 5.10 Å². The molecule has 1 aliphatic carbocycles. The Kier molecular flexibility index (Phi) is 2.53. The number of hydrogen-bond acceptors (Lipinski definition) is 5. The van der Waals surface area contributed by atoms with E-state index in [4.69, 9.17) is 5.41 Å². The fraction of sp³-hybridized carbons (Fsp3) is 0.500. The molecule has 1 saturated carbocycles. The highest BCUT2D eigenvalue weighted by Crippen LogP contribution is 2.14. The molecular weight excluding hydrogens is 180 g/mol. The summed E-state index contributed by atoms with van der Waals surface area (Å²) in [5.74, 6) is 0.849. The molecule has 1 aromatic heterocycles. The van der Waals surface area contributed by atoms with Crippen LogP contribution in [0.15, 0.2) is 5.10 Å². The van der Waals surface area contributed by atoms with E-state index in [0.717, 1.165) is 19.1 Å². The smallest absolute Gasteiger partial charge is 0.262 e. The van der Waals surface area contributed by atoms with Crippen LogP contribution in [-0.2, 0) is 0 Å². The summed E-state index contributed by atoms with van der Waals surface area (Å²) in [6.07, 6.45) is 5.69. The number of rotatable bonds is 3. The van der Waals surface area contributed by atoms with Gasteiger partial charge in [0.05, 0.1) is 6.21 Å². The highest BCUT2D eigenvalue weighted by molar-refractivity contribution is 5.86. The lowest BCUT2D eigenvalue weighted by atomic mass is 10.3. The van der Waals surface area contributed by atoms with E-state index in [2.05, 4.69) is 25.7 Å². The van der Waals surface area contributed by atoms with Crippen molar-refractivity contribution in [3.63, 3.8) is 0 Å². The molecule has 14 heavy (non-hydrogen) atoms. The van der Waals surface area contributed by atoms with Crippen molar-refractivity contribution in [2.75, 3.05) is 5.43 Å². The lowest BCUT2D eigenvalue weighted by Crippen LogP contribution is -1.97. The zero-order valence-electron chi connectivity index (χ0n) is 7.75. The molecule has 0 unspecified atom stereocenters. The number of H-pyrrole nitrogens is 1. The molecule has 0 bridgehead atoms. The van der Waals surface area contributed by atoms with Crippen molar-refractivity contribution in [2.45, 2.75) is 25.7 Å². The predicted octanol–water partition coefficient (Wildman–Crippen LogP) is 1.14. The van der Waals surface area contributed by atoms with Crippen molar-refractivity contribution in [1.82, 2.24) is 15.2 Å². The predicted molar refractivity (Wildman–Crippen MR) is 53.8 cm³/mol. The maximum absolute atomic E-state index is 6.93. The minimum atomic E-state index is 0.419. The molecule has 3 N–H and O–H groups in total. The van der Waals surface area contributed by atoms with Crippen molar-refractivity contribution in [3.8, 4) is 0 Å². The summed E-state index contributed by atoms with van der Waals surface area (Å²) in [5.41, 5.74) is 3.94. The molecule has 0 amide bonds. The summed E-state index contributed by atoms with van der Waals surface area (Å²) in [5, 5.41) is 17.6. The summed E-state index contributed by atoms with van der Waals surface area (Å²) in [6, 6.07) is 0. The van der Waals surface area contributed by atoms with Gasteiger partial charge in [0.15, 0.2) is 5.82 Å². The summed E-state index contributed by atoms with van der Waals surface area (Å²) < 4.78 is 0. The molecular formula is C8H12N6. The zero-order valence-corrected chi connectivity index (χ0v) is 7.75. The van der Waals surface area contributed by atoms with Crippen LogP contribution in [0.2, 0.25) is 0 Å². The third-order valence-corrected chi connectivity index (χ3v) is 2.13. The monoisotopic (exact) mass is 192 g/mol. The molecule has 1 aliphatic rings. The first-order valence-electron chi connectivity index (χ1n) is 4.63. The Balaban J connectivity index is 1.96. The fourth-order valence-corrected chi connectivity index (χ4v) is 1.41. The fourth-order valence-electron chi connectivity index (χ4n) is 1.41. The number of aromatic nitrogens is 3. The van der Waals surface area contributed by atoms with Crippen molar-refractivity contribution in [3.05, 3.63) is 5.82 Å². The SMILES string of the molecule is N=Cc1nc(NN=C2CCCC2)n[nH]1. The van der Waals surface area contributed by atoms with E-state index in [9.17, 15) is 0 Å². The van der Waals surface area contributed by atoms with Crippen LogP contribution in [0, 0.1) is 5.41 Å². The number of nitrogens with zero attached hydrogens (tertiary/aromatic N) is 3. The molecule has 0 atom stereocenters. The van der Waals surface area contributed by atoms with Crippen molar-refractivity contribution < 1.29 is 0 Å². The van der Waals surface area contributed by atoms with Gasteiger partial charge in [0.25, 0.3) is 5.95 Å². The first-order valence-corrected chi connectivity index (χ1v) is 4.63. The van der Waals surface area contributed by atoms with Crippen LogP contribution >= 0.6 is 0 Å². The molecule has 1 fully saturated rings. The van der Waals surface area contributed by atoms with Crippen LogP contribution in [0.3, 0.4) is 0 Å². The molecule has 2 rings (SSSR count). The van der Waals surface area contributed by atoms with E-state index in [0.29, 0.717) is 11.8 Å². The molecule has 1 aromatic rings. The highest BCUT2D eigenvalue weighted by atomic mass is 15.4. The van der Waals surface area contributed by atoms with Gasteiger partial charge in [-0.1, -0.05) is 0 Å². The minimum Gasteiger partial charge on any atom is -0.305 e. The van der Waals surface area contributed by atoms with Gasteiger partial charge in [0.2, 0.25) is 0 Å². The summed E-state index contributed by atoms with van der Waals surface area (Å²) in [6.45, 7) is 0. The highest BCUT2D eigenvalue weighted by Gasteiger charge is 2.08. The Hall–Kier alpha value is -1.72. The number of hydrazone groups is 1. The first-order chi connectivity index (χ1) is 6.88. The van der Waals surface area contributed by atoms with Crippen molar-refractivity contribution in [2.24, 2.45) is 5.10 Å². The van der Waals surface area contributed by atoms with Gasteiger partial charge >= 0.3 is 0 Å². The number of hydrogen-bond donors (Lipinski definition) is 3. The third-order valence-electron chi connectivity index (χ3n) is 2.13. The van der Waals surface area contributed by atoms with Crippen LogP contribution in [-0.4, -0.2) is 27.1 Å². The second-order valence-corrected chi connectivity index (χ2v) is 3.19. The zero-order chi connectivity index (χ0) is 9.80. The third kappa shape index (κ3) is 1.95. The molecule has 0 radical (unpaired) electrons.